The number of nitrogens with zero attached hydrogens (tertiary/aromatic N) is 1. The number of aliphatic carboxylic acids is 1. The second-order valence-corrected chi connectivity index (χ2v) is 7.67. The summed E-state index contributed by atoms with van der Waals surface area (Å²) in [6.45, 7) is 0. The molecule has 2 amide bonds. The summed E-state index contributed by atoms with van der Waals surface area (Å²) in [6.07, 6.45) is 1.46. The molecule has 0 bridgehead atoms. The molecular weight excluding hydrogens is 380 g/mol. The minimum Gasteiger partial charge on any atom is -0.479 e. The van der Waals surface area contributed by atoms with Crippen LogP contribution in [0.2, 0.25) is 0 Å². The van der Waals surface area contributed by atoms with Crippen molar-refractivity contribution >= 4 is 46.5 Å². The smallest absolute Gasteiger partial charge is 0.330 e. The number of nitrogens with two attached hydrogens (primary N) is 1. The molecule has 1 saturated heterocycles. The Bertz CT molecular complexity index is 779. The van der Waals surface area contributed by atoms with Crippen LogP contribution >= 0.6 is 23.5 Å². The Morgan fingerprint density at radius 3 is 2.88 bits per heavy atom. The van der Waals surface area contributed by atoms with Crippen molar-refractivity contribution in [1.82, 2.24) is 10.2 Å². The molecule has 11 heteroatoms. The van der Waals surface area contributed by atoms with Gasteiger partial charge in [-0.25, -0.2) is 4.79 Å². The summed E-state index contributed by atoms with van der Waals surface area (Å²) in [6, 6.07) is 1.44. The second kappa shape index (κ2) is 7.46. The van der Waals surface area contributed by atoms with Crippen LogP contribution in [0, 0.1) is 5.41 Å². The Morgan fingerprint density at radius 2 is 2.27 bits per heavy atom. The van der Waals surface area contributed by atoms with Crippen molar-refractivity contribution in [2.75, 3.05) is 5.75 Å². The number of amidine groups is 1. The number of furan rings is 1. The van der Waals surface area contributed by atoms with Gasteiger partial charge in [-0.1, -0.05) is 11.8 Å². The number of fused-ring (bicyclic) bond motifs is 1. The minimum atomic E-state index is -1.15. The molecule has 3 atom stereocenters. The number of rotatable bonds is 6. The first-order valence-corrected chi connectivity index (χ1v) is 9.49. The first-order valence-electron chi connectivity index (χ1n) is 7.56. The number of carbonyl (C=O) groups excluding carboxylic acids is 2. The van der Waals surface area contributed by atoms with Gasteiger partial charge in [0.1, 0.15) is 17.2 Å². The molecule has 0 aromatic carbocycles. The van der Waals surface area contributed by atoms with Crippen molar-refractivity contribution in [3.63, 3.8) is 0 Å². The average molecular weight is 396 g/mol. The van der Waals surface area contributed by atoms with E-state index in [2.05, 4.69) is 5.32 Å². The van der Waals surface area contributed by atoms with Crippen LogP contribution in [0.25, 0.3) is 0 Å². The lowest BCUT2D eigenvalue weighted by Crippen LogP contribution is -2.74. The number of thioether (sulfide) groups is 2. The topological polar surface area (TPSA) is 150 Å². The van der Waals surface area contributed by atoms with Crippen LogP contribution in [0.4, 0.5) is 0 Å². The SMILES string of the molecule is N=C(N)SCC1=CS[C@H]2C(NC(=O)Cc3ccco3)C(=O)N2C1C(=O)O. The molecule has 5 N–H and O–H groups in total. The van der Waals surface area contributed by atoms with Crippen molar-refractivity contribution in [2.24, 2.45) is 5.73 Å². The highest BCUT2D eigenvalue weighted by Gasteiger charge is 2.55. The van der Waals surface area contributed by atoms with E-state index in [9.17, 15) is 19.5 Å². The lowest BCUT2D eigenvalue weighted by atomic mass is 9.98. The van der Waals surface area contributed by atoms with Gasteiger partial charge in [0.05, 0.1) is 12.7 Å². The summed E-state index contributed by atoms with van der Waals surface area (Å²) >= 11 is 2.27. The maximum Gasteiger partial charge on any atom is 0.330 e. The number of β-lactam (4-membered cyclic amide) rings is 1. The van der Waals surface area contributed by atoms with Crippen LogP contribution in [0.5, 0.6) is 0 Å². The summed E-state index contributed by atoms with van der Waals surface area (Å²) in [7, 11) is 0. The fraction of sp³-hybridized carbons (Fsp3) is 0.333. The highest BCUT2D eigenvalue weighted by atomic mass is 32.2. The molecule has 0 aliphatic carbocycles. The third kappa shape index (κ3) is 3.58. The lowest BCUT2D eigenvalue weighted by molar-refractivity contribution is -0.160. The summed E-state index contributed by atoms with van der Waals surface area (Å²) in [5.74, 6) is -1.27. The number of carboxylic acids is 1. The molecule has 3 rings (SSSR count). The summed E-state index contributed by atoms with van der Waals surface area (Å²) in [5, 5.41) is 20.5. The fourth-order valence-corrected chi connectivity index (χ4v) is 4.68. The van der Waals surface area contributed by atoms with E-state index in [1.165, 1.54) is 22.9 Å². The van der Waals surface area contributed by atoms with E-state index in [0.29, 0.717) is 11.3 Å². The predicted octanol–water partition coefficient (Wildman–Crippen LogP) is 0.186. The Balaban J connectivity index is 1.67. The first-order chi connectivity index (χ1) is 12.4. The van der Waals surface area contributed by atoms with Crippen molar-refractivity contribution in [3.05, 3.63) is 35.1 Å². The van der Waals surface area contributed by atoms with Crippen LogP contribution in [-0.4, -0.2) is 56.2 Å². The van der Waals surface area contributed by atoms with Gasteiger partial charge in [0.2, 0.25) is 11.8 Å². The second-order valence-electron chi connectivity index (χ2n) is 5.66. The quantitative estimate of drug-likeness (QED) is 0.302. The first kappa shape index (κ1) is 18.4. The van der Waals surface area contributed by atoms with Crippen LogP contribution in [0.3, 0.4) is 0 Å². The maximum absolute atomic E-state index is 12.4. The van der Waals surface area contributed by atoms with E-state index in [1.807, 2.05) is 0 Å². The third-order valence-electron chi connectivity index (χ3n) is 3.93. The zero-order chi connectivity index (χ0) is 18.8. The average Bonchev–Trinajstić information content (AvgIpc) is 3.09. The number of nitrogens with one attached hydrogen (secondary N) is 2. The number of carbonyl (C=O) groups is 3. The van der Waals surface area contributed by atoms with E-state index in [0.717, 1.165) is 11.8 Å². The van der Waals surface area contributed by atoms with Gasteiger partial charge in [-0.15, -0.1) is 11.8 Å². The Kier molecular flexibility index (Phi) is 5.28. The molecule has 1 aromatic heterocycles. The van der Waals surface area contributed by atoms with E-state index in [4.69, 9.17) is 15.6 Å². The van der Waals surface area contributed by atoms with Crippen molar-refractivity contribution in [1.29, 1.82) is 5.41 Å². The highest BCUT2D eigenvalue weighted by molar-refractivity contribution is 8.13. The number of amides is 2. The zero-order valence-corrected chi connectivity index (χ0v) is 15.0. The molecule has 0 saturated carbocycles. The summed E-state index contributed by atoms with van der Waals surface area (Å²) in [5.41, 5.74) is 5.79. The molecule has 2 unspecified atom stereocenters. The molecule has 1 fully saturated rings. The van der Waals surface area contributed by atoms with E-state index in [-0.39, 0.29) is 23.2 Å². The van der Waals surface area contributed by atoms with Crippen LogP contribution in [-0.2, 0) is 20.8 Å². The molecule has 3 heterocycles. The maximum atomic E-state index is 12.4. The summed E-state index contributed by atoms with van der Waals surface area (Å²) < 4.78 is 5.10. The van der Waals surface area contributed by atoms with Crippen molar-refractivity contribution in [3.8, 4) is 0 Å². The molecule has 26 heavy (non-hydrogen) atoms. The molecule has 1 aromatic rings. The summed E-state index contributed by atoms with van der Waals surface area (Å²) in [4.78, 5) is 37.4. The number of hydrogen-bond acceptors (Lipinski definition) is 7. The van der Waals surface area contributed by atoms with Gasteiger partial charge in [0, 0.05) is 5.75 Å². The van der Waals surface area contributed by atoms with Gasteiger partial charge in [0.15, 0.2) is 11.2 Å². The Hall–Kier alpha value is -2.40. The molecular formula is C15H16N4O5S2. The van der Waals surface area contributed by atoms with Gasteiger partial charge in [0.25, 0.3) is 0 Å². The molecule has 2 aliphatic heterocycles. The molecule has 138 valence electrons. The van der Waals surface area contributed by atoms with Gasteiger partial charge < -0.3 is 25.5 Å². The Labute approximate surface area is 156 Å². The predicted molar refractivity (Wildman–Crippen MR) is 96.4 cm³/mol. The van der Waals surface area contributed by atoms with Crippen LogP contribution in [0.1, 0.15) is 5.76 Å². The van der Waals surface area contributed by atoms with Gasteiger partial charge in [-0.2, -0.15) is 0 Å². The van der Waals surface area contributed by atoms with Gasteiger partial charge in [-0.3, -0.25) is 15.0 Å². The van der Waals surface area contributed by atoms with E-state index < -0.39 is 29.3 Å². The fourth-order valence-electron chi connectivity index (χ4n) is 2.79. The van der Waals surface area contributed by atoms with E-state index >= 15 is 0 Å². The molecule has 0 spiro atoms. The molecule has 0 radical (unpaired) electrons. The standard InChI is InChI=1S/C15H16N4O5S2/c16-15(17)26-6-7-5-25-13-10(12(21)19(13)11(7)14(22)23)18-9(20)4-8-2-1-3-24-8/h1-3,5,10-11,13H,4,6H2,(H3,16,17)(H,18,20)(H,22,23)/t10?,11?,13-/m0/s1. The monoisotopic (exact) mass is 396 g/mol. The Morgan fingerprint density at radius 1 is 1.50 bits per heavy atom. The van der Waals surface area contributed by atoms with Gasteiger partial charge in [-0.05, 0) is 23.1 Å². The zero-order valence-electron chi connectivity index (χ0n) is 13.4. The minimum absolute atomic E-state index is 0.00681. The molecule has 9 nitrogen and oxygen atoms in total. The molecule has 2 aliphatic rings. The van der Waals surface area contributed by atoms with Crippen LogP contribution < -0.4 is 11.1 Å². The van der Waals surface area contributed by atoms with Crippen molar-refractivity contribution < 1.29 is 23.9 Å². The van der Waals surface area contributed by atoms with Crippen LogP contribution in [0.15, 0.2) is 33.8 Å². The van der Waals surface area contributed by atoms with Gasteiger partial charge >= 0.3 is 5.97 Å². The number of hydrogen-bond donors (Lipinski definition) is 4. The highest BCUT2D eigenvalue weighted by Crippen LogP contribution is 2.40. The normalized spacial score (nSPS) is 24.3. The largest absolute Gasteiger partial charge is 0.479 e. The van der Waals surface area contributed by atoms with E-state index in [1.54, 1.807) is 17.5 Å². The lowest BCUT2D eigenvalue weighted by Gasteiger charge is -2.51. The third-order valence-corrected chi connectivity index (χ3v) is 5.93. The number of carboxylic acid groups (broad SMARTS) is 1. The van der Waals surface area contributed by atoms with Crippen molar-refractivity contribution in [2.45, 2.75) is 23.9 Å².